The zero-order chi connectivity index (χ0) is 30.5. The number of carbonyl (C=O) groups is 2. The van der Waals surface area contributed by atoms with Crippen LogP contribution in [0.5, 0.6) is 0 Å². The van der Waals surface area contributed by atoms with Crippen molar-refractivity contribution < 1.29 is 9.59 Å². The van der Waals surface area contributed by atoms with Gasteiger partial charge in [-0.1, -0.05) is 53.9 Å². The third-order valence-corrected chi connectivity index (χ3v) is 8.24. The number of amides is 3. The Hall–Kier alpha value is -3.72. The first-order valence-corrected chi connectivity index (χ1v) is 15.4. The summed E-state index contributed by atoms with van der Waals surface area (Å²) < 4.78 is 1.70. The molecule has 43 heavy (non-hydrogen) atoms. The molecule has 2 heterocycles. The Morgan fingerprint density at radius 1 is 0.930 bits per heavy atom. The van der Waals surface area contributed by atoms with Crippen LogP contribution in [0.15, 0.2) is 66.7 Å². The van der Waals surface area contributed by atoms with Gasteiger partial charge in [0, 0.05) is 58.2 Å². The summed E-state index contributed by atoms with van der Waals surface area (Å²) in [5.74, 6) is -0.230. The molecule has 3 amide bonds. The molecule has 0 radical (unpaired) electrons. The number of hydrogen-bond donors (Lipinski definition) is 3. The molecule has 1 saturated heterocycles. The summed E-state index contributed by atoms with van der Waals surface area (Å²) in [6, 6.07) is 20.2. The van der Waals surface area contributed by atoms with Crippen LogP contribution in [0.1, 0.15) is 42.2 Å². The molecule has 5 rings (SSSR count). The van der Waals surface area contributed by atoms with Crippen molar-refractivity contribution in [2.75, 3.05) is 29.9 Å². The number of halogens is 3. The van der Waals surface area contributed by atoms with Crippen molar-refractivity contribution in [3.63, 3.8) is 0 Å². The number of nitrogens with one attached hydrogen (secondary N) is 3. The Bertz CT molecular complexity index is 1600. The summed E-state index contributed by atoms with van der Waals surface area (Å²) in [6.45, 7) is 6.12. The maximum Gasteiger partial charge on any atom is 0.319 e. The smallest absolute Gasteiger partial charge is 0.319 e. The van der Waals surface area contributed by atoms with E-state index in [-0.39, 0.29) is 18.0 Å². The Labute approximate surface area is 266 Å². The van der Waals surface area contributed by atoms with Crippen molar-refractivity contribution in [1.29, 1.82) is 0 Å². The van der Waals surface area contributed by atoms with E-state index in [1.54, 1.807) is 35.0 Å². The number of piperidine rings is 1. The number of rotatable bonds is 8. The van der Waals surface area contributed by atoms with E-state index in [9.17, 15) is 9.59 Å². The second-order valence-electron chi connectivity index (χ2n) is 10.5. The number of urea groups is 1. The normalized spacial score (nSPS) is 13.6. The number of carbonyl (C=O) groups excluding carboxylic acids is 2. The average molecular weight is 640 g/mol. The molecule has 1 aliphatic heterocycles. The van der Waals surface area contributed by atoms with Gasteiger partial charge in [0.1, 0.15) is 0 Å². The molecular formula is C32H33Cl3N6O2. The summed E-state index contributed by atoms with van der Waals surface area (Å²) in [6.07, 6.45) is 2.46. The van der Waals surface area contributed by atoms with Crippen LogP contribution >= 0.6 is 34.8 Å². The van der Waals surface area contributed by atoms with E-state index < -0.39 is 0 Å². The monoisotopic (exact) mass is 638 g/mol. The van der Waals surface area contributed by atoms with E-state index in [0.29, 0.717) is 33.0 Å². The third kappa shape index (κ3) is 7.26. The van der Waals surface area contributed by atoms with Crippen molar-refractivity contribution in [2.45, 2.75) is 39.2 Å². The maximum atomic E-state index is 13.6. The predicted octanol–water partition coefficient (Wildman–Crippen LogP) is 7.74. The molecule has 0 atom stereocenters. The molecule has 0 bridgehead atoms. The van der Waals surface area contributed by atoms with E-state index in [1.165, 1.54) is 0 Å². The van der Waals surface area contributed by atoms with Crippen molar-refractivity contribution in [3.8, 4) is 16.9 Å². The summed E-state index contributed by atoms with van der Waals surface area (Å²) in [5.41, 5.74) is 5.12. The topological polar surface area (TPSA) is 91.3 Å². The van der Waals surface area contributed by atoms with E-state index >= 15 is 0 Å². The van der Waals surface area contributed by atoms with E-state index in [4.69, 9.17) is 39.9 Å². The quantitative estimate of drug-likeness (QED) is 0.184. The van der Waals surface area contributed by atoms with Crippen LogP contribution in [0.25, 0.3) is 16.9 Å². The molecule has 1 fully saturated rings. The van der Waals surface area contributed by atoms with Crippen molar-refractivity contribution in [2.24, 2.45) is 0 Å². The predicted molar refractivity (Wildman–Crippen MR) is 175 cm³/mol. The minimum Gasteiger partial charge on any atom is -0.371 e. The zero-order valence-corrected chi connectivity index (χ0v) is 26.2. The highest BCUT2D eigenvalue weighted by molar-refractivity contribution is 6.35. The number of aromatic nitrogens is 2. The Morgan fingerprint density at radius 2 is 1.60 bits per heavy atom. The van der Waals surface area contributed by atoms with Crippen LogP contribution in [0, 0.1) is 6.92 Å². The van der Waals surface area contributed by atoms with Crippen LogP contribution in [0.2, 0.25) is 15.1 Å². The molecule has 0 spiro atoms. The molecule has 4 aromatic rings. The number of hydrogen-bond acceptors (Lipinski definition) is 4. The van der Waals surface area contributed by atoms with E-state index in [0.717, 1.165) is 60.5 Å². The summed E-state index contributed by atoms with van der Waals surface area (Å²) in [4.78, 5) is 27.8. The lowest BCUT2D eigenvalue weighted by atomic mass is 10.0. The highest BCUT2D eigenvalue weighted by Crippen LogP contribution is 2.33. The Balaban J connectivity index is 1.28. The van der Waals surface area contributed by atoms with Gasteiger partial charge >= 0.3 is 6.03 Å². The lowest BCUT2D eigenvalue weighted by molar-refractivity contribution is 0.0925. The molecular weight excluding hydrogens is 607 g/mol. The number of anilines is 2. The van der Waals surface area contributed by atoms with Gasteiger partial charge in [0.05, 0.1) is 16.4 Å². The Kier molecular flexibility index (Phi) is 9.80. The fraction of sp³-hybridized carbons (Fsp3) is 0.281. The number of benzene rings is 3. The highest BCUT2D eigenvalue weighted by Gasteiger charge is 2.27. The first-order valence-electron chi connectivity index (χ1n) is 14.2. The molecule has 3 aromatic carbocycles. The highest BCUT2D eigenvalue weighted by atomic mass is 35.5. The van der Waals surface area contributed by atoms with Gasteiger partial charge < -0.3 is 20.9 Å². The second-order valence-corrected chi connectivity index (χ2v) is 11.8. The van der Waals surface area contributed by atoms with Gasteiger partial charge in [-0.15, -0.1) is 0 Å². The molecule has 0 aliphatic carbocycles. The lowest BCUT2D eigenvalue weighted by Crippen LogP contribution is -2.45. The fourth-order valence-corrected chi connectivity index (χ4v) is 5.81. The van der Waals surface area contributed by atoms with Gasteiger partial charge in [0.15, 0.2) is 5.69 Å². The van der Waals surface area contributed by atoms with Gasteiger partial charge in [0.2, 0.25) is 0 Å². The summed E-state index contributed by atoms with van der Waals surface area (Å²) >= 11 is 18.9. The number of nitrogens with zero attached hydrogens (tertiary/aromatic N) is 3. The zero-order valence-electron chi connectivity index (χ0n) is 24.0. The molecule has 0 unspecified atom stereocenters. The Morgan fingerprint density at radius 3 is 2.26 bits per heavy atom. The molecule has 1 aromatic heterocycles. The first kappa shape index (κ1) is 30.7. The van der Waals surface area contributed by atoms with E-state index in [1.807, 2.05) is 50.2 Å². The van der Waals surface area contributed by atoms with Crippen LogP contribution in [0.3, 0.4) is 0 Å². The second kappa shape index (κ2) is 13.7. The van der Waals surface area contributed by atoms with Crippen LogP contribution in [-0.4, -0.2) is 47.4 Å². The minimum atomic E-state index is -0.230. The van der Waals surface area contributed by atoms with Gasteiger partial charge in [0.25, 0.3) is 5.91 Å². The standard InChI is InChI=1S/C32H33Cl3N6O2/c1-3-16-36-32(43)38-24-9-11-26(12-10-24)40-17-14-25(15-18-40)37-31(42)29-20(2)30(21-4-6-22(33)7-5-21)41(39-29)28-13-8-23(34)19-27(28)35/h4-13,19,25H,3,14-18H2,1-2H3,(H,37,42)(H2,36,38,43). The molecule has 8 nitrogen and oxygen atoms in total. The van der Waals surface area contributed by atoms with Crippen molar-refractivity contribution >= 4 is 58.1 Å². The summed E-state index contributed by atoms with van der Waals surface area (Å²) in [5, 5.41) is 15.1. The van der Waals surface area contributed by atoms with Crippen molar-refractivity contribution in [1.82, 2.24) is 20.4 Å². The minimum absolute atomic E-state index is 0.00889. The van der Waals surface area contributed by atoms with Gasteiger partial charge in [-0.2, -0.15) is 5.10 Å². The van der Waals surface area contributed by atoms with E-state index in [2.05, 4.69) is 20.9 Å². The summed E-state index contributed by atoms with van der Waals surface area (Å²) in [7, 11) is 0. The molecule has 0 saturated carbocycles. The third-order valence-electron chi connectivity index (χ3n) is 7.45. The first-order chi connectivity index (χ1) is 20.7. The SMILES string of the molecule is CCCNC(=O)Nc1ccc(N2CCC(NC(=O)c3nn(-c4ccc(Cl)cc4Cl)c(-c4ccc(Cl)cc4)c3C)CC2)cc1. The molecule has 3 N–H and O–H groups in total. The van der Waals surface area contributed by atoms with Crippen molar-refractivity contribution in [3.05, 3.63) is 93.1 Å². The molecule has 11 heteroatoms. The average Bonchev–Trinajstić information content (AvgIpc) is 3.34. The van der Waals surface area contributed by atoms with Crippen LogP contribution < -0.4 is 20.9 Å². The lowest BCUT2D eigenvalue weighted by Gasteiger charge is -2.34. The van der Waals surface area contributed by atoms with Gasteiger partial charge in [-0.3, -0.25) is 4.79 Å². The maximum absolute atomic E-state index is 13.6. The van der Waals surface area contributed by atoms with Gasteiger partial charge in [-0.05, 0) is 80.8 Å². The van der Waals surface area contributed by atoms with Crippen LogP contribution in [0.4, 0.5) is 16.2 Å². The fourth-order valence-electron chi connectivity index (χ4n) is 5.19. The largest absolute Gasteiger partial charge is 0.371 e. The molecule has 1 aliphatic rings. The van der Waals surface area contributed by atoms with Crippen LogP contribution in [-0.2, 0) is 0 Å². The molecule has 224 valence electrons. The van der Waals surface area contributed by atoms with Gasteiger partial charge in [-0.25, -0.2) is 9.48 Å².